The average Bonchev–Trinajstić information content (AvgIpc) is 3.12. The molecule has 0 aromatic carbocycles. The van der Waals surface area contributed by atoms with Gasteiger partial charge in [0.25, 0.3) is 0 Å². The molecule has 114 valence electrons. The van der Waals surface area contributed by atoms with Crippen molar-refractivity contribution in [3.05, 3.63) is 10.6 Å². The number of fused-ring (bicyclic) bond motifs is 3. The number of aryl methyl sites for hydroxylation is 1. The molecule has 2 N–H and O–H groups in total. The van der Waals surface area contributed by atoms with E-state index in [4.69, 9.17) is 4.74 Å². The van der Waals surface area contributed by atoms with E-state index in [1.165, 1.54) is 17.0 Å². The van der Waals surface area contributed by atoms with E-state index in [0.29, 0.717) is 6.10 Å². The zero-order valence-corrected chi connectivity index (χ0v) is 13.0. The number of aromatic nitrogens is 1. The topological polar surface area (TPSA) is 63.2 Å². The van der Waals surface area contributed by atoms with Crippen LogP contribution in [0.3, 0.4) is 0 Å². The largest absolute Gasteiger partial charge is 0.373 e. The molecule has 21 heavy (non-hydrogen) atoms. The summed E-state index contributed by atoms with van der Waals surface area (Å²) >= 11 is 1.63. The lowest BCUT2D eigenvalue weighted by atomic mass is 9.93. The van der Waals surface area contributed by atoms with Crippen molar-refractivity contribution in [2.24, 2.45) is 5.92 Å². The van der Waals surface area contributed by atoms with Gasteiger partial charge in [0.1, 0.15) is 0 Å². The number of urea groups is 1. The minimum atomic E-state index is -0.143. The first-order chi connectivity index (χ1) is 10.2. The van der Waals surface area contributed by atoms with Gasteiger partial charge in [-0.25, -0.2) is 9.78 Å². The lowest BCUT2D eigenvalue weighted by molar-refractivity contribution is 0.0984. The van der Waals surface area contributed by atoms with Crippen molar-refractivity contribution in [1.29, 1.82) is 0 Å². The van der Waals surface area contributed by atoms with E-state index in [-0.39, 0.29) is 18.2 Å². The van der Waals surface area contributed by atoms with Crippen molar-refractivity contribution in [2.45, 2.75) is 63.7 Å². The fourth-order valence-electron chi connectivity index (χ4n) is 3.68. The zero-order valence-electron chi connectivity index (χ0n) is 12.2. The van der Waals surface area contributed by atoms with Crippen LogP contribution in [-0.2, 0) is 17.6 Å². The Morgan fingerprint density at radius 3 is 3.05 bits per heavy atom. The molecule has 1 aliphatic carbocycles. The zero-order chi connectivity index (χ0) is 14.4. The van der Waals surface area contributed by atoms with Gasteiger partial charge in [0.05, 0.1) is 23.9 Å². The summed E-state index contributed by atoms with van der Waals surface area (Å²) in [5, 5.41) is 6.67. The fraction of sp³-hybridized carbons (Fsp3) is 0.733. The highest BCUT2D eigenvalue weighted by Crippen LogP contribution is 2.35. The molecule has 4 atom stereocenters. The van der Waals surface area contributed by atoms with Crippen LogP contribution in [-0.4, -0.2) is 29.3 Å². The highest BCUT2D eigenvalue weighted by Gasteiger charge is 2.41. The predicted molar refractivity (Wildman–Crippen MR) is 81.8 cm³/mol. The molecule has 2 aliphatic heterocycles. The molecule has 0 spiro atoms. The van der Waals surface area contributed by atoms with E-state index in [1.807, 2.05) is 0 Å². The Morgan fingerprint density at radius 2 is 2.29 bits per heavy atom. The minimum Gasteiger partial charge on any atom is -0.373 e. The second kappa shape index (κ2) is 5.25. The van der Waals surface area contributed by atoms with E-state index >= 15 is 0 Å². The van der Waals surface area contributed by atoms with Crippen molar-refractivity contribution < 1.29 is 9.53 Å². The van der Waals surface area contributed by atoms with E-state index in [0.717, 1.165) is 43.2 Å². The number of amides is 2. The molecule has 2 amide bonds. The van der Waals surface area contributed by atoms with Gasteiger partial charge in [-0.3, -0.25) is 5.32 Å². The molecule has 2 bridgehead atoms. The number of thiazole rings is 1. The quantitative estimate of drug-likeness (QED) is 0.883. The van der Waals surface area contributed by atoms with E-state index in [2.05, 4.69) is 22.5 Å². The van der Waals surface area contributed by atoms with Gasteiger partial charge in [0, 0.05) is 4.88 Å². The number of anilines is 1. The normalized spacial score (nSPS) is 33.8. The van der Waals surface area contributed by atoms with Gasteiger partial charge in [-0.05, 0) is 44.4 Å². The summed E-state index contributed by atoms with van der Waals surface area (Å²) in [7, 11) is 0. The molecule has 0 saturated carbocycles. The molecule has 0 radical (unpaired) electrons. The second-order valence-corrected chi connectivity index (χ2v) is 7.64. The second-order valence-electron chi connectivity index (χ2n) is 6.55. The fourth-order valence-corrected chi connectivity index (χ4v) is 4.85. The summed E-state index contributed by atoms with van der Waals surface area (Å²) in [6.45, 7) is 2.28. The number of nitrogens with zero attached hydrogens (tertiary/aromatic N) is 1. The summed E-state index contributed by atoms with van der Waals surface area (Å²) in [5.74, 6) is 0.728. The summed E-state index contributed by atoms with van der Waals surface area (Å²) in [6.07, 6.45) is 7.06. The summed E-state index contributed by atoms with van der Waals surface area (Å²) in [4.78, 5) is 18.0. The maximum absolute atomic E-state index is 12.1. The first-order valence-corrected chi connectivity index (χ1v) is 8.70. The van der Waals surface area contributed by atoms with Gasteiger partial charge >= 0.3 is 6.03 Å². The van der Waals surface area contributed by atoms with Crippen LogP contribution in [0.5, 0.6) is 0 Å². The van der Waals surface area contributed by atoms with Crippen molar-refractivity contribution in [1.82, 2.24) is 10.3 Å². The first-order valence-electron chi connectivity index (χ1n) is 7.89. The molecular formula is C15H21N3O2S. The van der Waals surface area contributed by atoms with Gasteiger partial charge in [-0.1, -0.05) is 6.92 Å². The van der Waals surface area contributed by atoms with Crippen LogP contribution in [0, 0.1) is 5.92 Å². The van der Waals surface area contributed by atoms with Crippen LogP contribution >= 0.6 is 11.3 Å². The standard InChI is InChI=1S/C15H21N3O2S/c1-8-2-4-10-13(6-8)21-15(17-10)18-14(19)16-11-7-9-3-5-12(11)20-9/h8-9,11-12H,2-7H2,1H3,(H2,16,17,18,19). The van der Waals surface area contributed by atoms with Crippen molar-refractivity contribution >= 4 is 22.5 Å². The number of carbonyl (C=O) groups is 1. The maximum Gasteiger partial charge on any atom is 0.321 e. The molecule has 4 unspecified atom stereocenters. The number of rotatable bonds is 2. The van der Waals surface area contributed by atoms with Crippen LogP contribution in [0.15, 0.2) is 0 Å². The van der Waals surface area contributed by atoms with Crippen molar-refractivity contribution in [2.75, 3.05) is 5.32 Å². The van der Waals surface area contributed by atoms with Gasteiger partial charge in [-0.2, -0.15) is 0 Å². The van der Waals surface area contributed by atoms with E-state index < -0.39 is 0 Å². The van der Waals surface area contributed by atoms with E-state index in [9.17, 15) is 4.79 Å². The number of hydrogen-bond donors (Lipinski definition) is 2. The van der Waals surface area contributed by atoms with Gasteiger partial charge < -0.3 is 10.1 Å². The Kier molecular flexibility index (Phi) is 3.38. The van der Waals surface area contributed by atoms with Gasteiger partial charge in [-0.15, -0.1) is 11.3 Å². The number of carbonyl (C=O) groups excluding carboxylic acids is 1. The maximum atomic E-state index is 12.1. The van der Waals surface area contributed by atoms with Crippen molar-refractivity contribution in [3.63, 3.8) is 0 Å². The number of nitrogens with one attached hydrogen (secondary N) is 2. The Balaban J connectivity index is 1.36. The highest BCUT2D eigenvalue weighted by atomic mass is 32.1. The predicted octanol–water partition coefficient (Wildman–Crippen LogP) is 2.71. The molecular weight excluding hydrogens is 286 g/mol. The average molecular weight is 307 g/mol. The molecule has 1 aromatic rings. The van der Waals surface area contributed by atoms with Crippen LogP contribution in [0.25, 0.3) is 0 Å². The molecule has 6 heteroatoms. The third kappa shape index (κ3) is 2.66. The smallest absolute Gasteiger partial charge is 0.321 e. The third-order valence-electron chi connectivity index (χ3n) is 4.83. The lowest BCUT2D eigenvalue weighted by Gasteiger charge is -2.19. The van der Waals surface area contributed by atoms with Crippen LogP contribution in [0.4, 0.5) is 9.93 Å². The summed E-state index contributed by atoms with van der Waals surface area (Å²) < 4.78 is 5.76. The molecule has 5 nitrogen and oxygen atoms in total. The molecule has 4 rings (SSSR count). The van der Waals surface area contributed by atoms with Gasteiger partial charge in [0.2, 0.25) is 0 Å². The Bertz CT molecular complexity index is 559. The molecule has 3 aliphatic rings. The van der Waals surface area contributed by atoms with Crippen LogP contribution in [0.2, 0.25) is 0 Å². The summed E-state index contributed by atoms with van der Waals surface area (Å²) in [6, 6.07) is 0.0219. The first kappa shape index (κ1) is 13.5. The van der Waals surface area contributed by atoms with Crippen LogP contribution in [0.1, 0.15) is 43.2 Å². The Morgan fingerprint density at radius 1 is 1.38 bits per heavy atom. The Hall–Kier alpha value is -1.14. The van der Waals surface area contributed by atoms with E-state index in [1.54, 1.807) is 11.3 Å². The lowest BCUT2D eigenvalue weighted by Crippen LogP contribution is -2.43. The highest BCUT2D eigenvalue weighted by molar-refractivity contribution is 7.15. The SMILES string of the molecule is CC1CCc2nc(NC(=O)NC3CC4CCC3O4)sc2C1. The van der Waals surface area contributed by atoms with Crippen LogP contribution < -0.4 is 10.6 Å². The summed E-state index contributed by atoms with van der Waals surface area (Å²) in [5.41, 5.74) is 1.18. The molecule has 3 heterocycles. The number of hydrogen-bond acceptors (Lipinski definition) is 4. The Labute approximate surface area is 128 Å². The molecule has 1 aromatic heterocycles. The van der Waals surface area contributed by atoms with Crippen molar-refractivity contribution in [3.8, 4) is 0 Å². The van der Waals surface area contributed by atoms with Gasteiger partial charge in [0.15, 0.2) is 5.13 Å². The minimum absolute atomic E-state index is 0.143. The molecule has 2 saturated heterocycles. The molecule has 2 fully saturated rings. The monoisotopic (exact) mass is 307 g/mol. The number of ether oxygens (including phenoxy) is 1. The third-order valence-corrected chi connectivity index (χ3v) is 5.86.